The van der Waals surface area contributed by atoms with Crippen molar-refractivity contribution in [2.75, 3.05) is 26.7 Å². The van der Waals surface area contributed by atoms with E-state index in [1.165, 1.54) is 22.4 Å². The van der Waals surface area contributed by atoms with Gasteiger partial charge in [0.05, 0.1) is 29.3 Å². The van der Waals surface area contributed by atoms with Crippen LogP contribution < -0.4 is 4.90 Å². The Balaban J connectivity index is 1.64. The number of carbonyl (C=O) groups is 1. The van der Waals surface area contributed by atoms with Gasteiger partial charge in [-0.1, -0.05) is 19.1 Å². The smallest absolute Gasteiger partial charge is 0.278 e. The minimum atomic E-state index is 0.0306. The minimum absolute atomic E-state index is 0.0306. The molecule has 4 nitrogen and oxygen atoms in total. The van der Waals surface area contributed by atoms with E-state index in [0.29, 0.717) is 6.54 Å². The topological polar surface area (TPSA) is 37.6 Å². The number of rotatable bonds is 4. The lowest BCUT2D eigenvalue weighted by Gasteiger charge is -2.29. The SMILES string of the molecule is CC1CC[NH+](CC(=O)N(C)[C@@H](C)c2nc3ccccc3s2)CC1. The molecule has 2 aromatic rings. The highest BCUT2D eigenvalue weighted by molar-refractivity contribution is 7.18. The van der Waals surface area contributed by atoms with Crippen LogP contribution in [0.25, 0.3) is 10.2 Å². The Hall–Kier alpha value is -1.46. The van der Waals surface area contributed by atoms with Crippen molar-refractivity contribution in [3.8, 4) is 0 Å². The maximum atomic E-state index is 12.6. The van der Waals surface area contributed by atoms with Gasteiger partial charge in [-0.3, -0.25) is 4.79 Å². The van der Waals surface area contributed by atoms with Crippen molar-refractivity contribution in [1.82, 2.24) is 9.88 Å². The Morgan fingerprint density at radius 1 is 1.39 bits per heavy atom. The van der Waals surface area contributed by atoms with E-state index in [1.54, 1.807) is 11.3 Å². The van der Waals surface area contributed by atoms with Crippen LogP contribution >= 0.6 is 11.3 Å². The molecule has 1 aromatic heterocycles. The summed E-state index contributed by atoms with van der Waals surface area (Å²) in [7, 11) is 1.91. The Bertz CT molecular complexity index is 643. The average Bonchev–Trinajstić information content (AvgIpc) is 2.99. The Labute approximate surface area is 142 Å². The molecule has 0 unspecified atom stereocenters. The number of hydrogen-bond acceptors (Lipinski definition) is 3. The summed E-state index contributed by atoms with van der Waals surface area (Å²) in [5.41, 5.74) is 1.02. The quantitative estimate of drug-likeness (QED) is 0.931. The molecule has 0 radical (unpaired) electrons. The molecule has 1 fully saturated rings. The lowest BCUT2D eigenvalue weighted by atomic mass is 9.99. The Kier molecular flexibility index (Phi) is 4.97. The fourth-order valence-electron chi connectivity index (χ4n) is 3.14. The van der Waals surface area contributed by atoms with Crippen LogP contribution in [-0.2, 0) is 4.79 Å². The summed E-state index contributed by atoms with van der Waals surface area (Å²) in [6.45, 7) is 7.23. The number of thiazole rings is 1. The van der Waals surface area contributed by atoms with Crippen molar-refractivity contribution in [3.05, 3.63) is 29.3 Å². The zero-order valence-electron chi connectivity index (χ0n) is 14.2. The van der Waals surface area contributed by atoms with Crippen LogP contribution in [0.4, 0.5) is 0 Å². The van der Waals surface area contributed by atoms with Gasteiger partial charge in [0.2, 0.25) is 0 Å². The first-order valence-electron chi connectivity index (χ1n) is 8.49. The summed E-state index contributed by atoms with van der Waals surface area (Å²) in [5, 5.41) is 1.02. The molecule has 1 saturated heterocycles. The number of piperidine rings is 1. The molecule has 1 N–H and O–H groups in total. The fourth-order valence-corrected chi connectivity index (χ4v) is 4.20. The van der Waals surface area contributed by atoms with Gasteiger partial charge in [0.25, 0.3) is 5.91 Å². The van der Waals surface area contributed by atoms with Crippen LogP contribution in [0.1, 0.15) is 37.7 Å². The van der Waals surface area contributed by atoms with Gasteiger partial charge in [0, 0.05) is 7.05 Å². The number of para-hydroxylation sites is 1. The highest BCUT2D eigenvalue weighted by Crippen LogP contribution is 2.28. The zero-order chi connectivity index (χ0) is 16.4. The normalized spacial score (nSPS) is 22.9. The first-order valence-corrected chi connectivity index (χ1v) is 9.31. The van der Waals surface area contributed by atoms with Crippen LogP contribution in [0.3, 0.4) is 0 Å². The number of carbonyl (C=O) groups excluding carboxylic acids is 1. The number of benzene rings is 1. The van der Waals surface area contributed by atoms with Crippen molar-refractivity contribution in [2.45, 2.75) is 32.7 Å². The largest absolute Gasteiger partial charge is 0.332 e. The van der Waals surface area contributed by atoms with Crippen LogP contribution in [0, 0.1) is 5.92 Å². The zero-order valence-corrected chi connectivity index (χ0v) is 15.0. The maximum Gasteiger partial charge on any atom is 0.278 e. The molecular weight excluding hydrogens is 306 g/mol. The second kappa shape index (κ2) is 6.97. The molecule has 0 spiro atoms. The summed E-state index contributed by atoms with van der Waals surface area (Å²) >= 11 is 1.69. The van der Waals surface area contributed by atoms with Crippen LogP contribution in [0.5, 0.6) is 0 Å². The third-order valence-corrected chi connectivity index (χ3v) is 6.23. The lowest BCUT2D eigenvalue weighted by molar-refractivity contribution is -0.898. The van der Waals surface area contributed by atoms with Gasteiger partial charge < -0.3 is 9.80 Å². The molecule has 1 aromatic carbocycles. The molecule has 124 valence electrons. The molecule has 23 heavy (non-hydrogen) atoms. The Morgan fingerprint density at radius 3 is 2.78 bits per heavy atom. The molecule has 1 aliphatic rings. The number of nitrogens with one attached hydrogen (secondary N) is 1. The lowest BCUT2D eigenvalue weighted by Crippen LogP contribution is -3.14. The molecule has 1 atom stereocenters. The minimum Gasteiger partial charge on any atom is -0.332 e. The van der Waals surface area contributed by atoms with Gasteiger partial charge >= 0.3 is 0 Å². The van der Waals surface area contributed by atoms with Gasteiger partial charge in [0.1, 0.15) is 5.01 Å². The first-order chi connectivity index (χ1) is 11.0. The van der Waals surface area contributed by atoms with Crippen molar-refractivity contribution in [2.24, 2.45) is 5.92 Å². The number of amides is 1. The average molecular weight is 332 g/mol. The second-order valence-corrected chi connectivity index (χ2v) is 7.87. The molecule has 0 saturated carbocycles. The van der Waals surface area contributed by atoms with Crippen LogP contribution in [0.15, 0.2) is 24.3 Å². The van der Waals surface area contributed by atoms with E-state index in [1.807, 2.05) is 30.1 Å². The summed E-state index contributed by atoms with van der Waals surface area (Å²) < 4.78 is 1.19. The number of nitrogens with zero attached hydrogens (tertiary/aromatic N) is 2. The maximum absolute atomic E-state index is 12.6. The van der Waals surface area contributed by atoms with Crippen molar-refractivity contribution in [3.63, 3.8) is 0 Å². The van der Waals surface area contributed by atoms with Crippen LogP contribution in [-0.4, -0.2) is 42.5 Å². The van der Waals surface area contributed by atoms with Gasteiger partial charge in [0.15, 0.2) is 6.54 Å². The summed E-state index contributed by atoms with van der Waals surface area (Å²) in [6.07, 6.45) is 2.47. The summed E-state index contributed by atoms with van der Waals surface area (Å²) in [4.78, 5) is 20.6. The van der Waals surface area contributed by atoms with Gasteiger partial charge in [-0.25, -0.2) is 4.98 Å². The van der Waals surface area contributed by atoms with E-state index in [-0.39, 0.29) is 11.9 Å². The van der Waals surface area contributed by atoms with Crippen LogP contribution in [0.2, 0.25) is 0 Å². The number of likely N-dealkylation sites (N-methyl/N-ethyl adjacent to an activating group) is 1. The van der Waals surface area contributed by atoms with E-state index < -0.39 is 0 Å². The van der Waals surface area contributed by atoms with E-state index in [9.17, 15) is 4.79 Å². The van der Waals surface area contributed by atoms with E-state index >= 15 is 0 Å². The fraction of sp³-hybridized carbons (Fsp3) is 0.556. The van der Waals surface area contributed by atoms with Crippen molar-refractivity contribution < 1.29 is 9.69 Å². The molecule has 1 aliphatic heterocycles. The molecular formula is C18H26N3OS+. The standard InChI is InChI=1S/C18H25N3OS/c1-13-8-10-21(11-9-13)12-17(22)20(3)14(2)18-19-15-6-4-5-7-16(15)23-18/h4-7,13-14H,8-12H2,1-3H3/p+1/t14-/m0/s1. The first kappa shape index (κ1) is 16.4. The third-order valence-electron chi connectivity index (χ3n) is 5.02. The highest BCUT2D eigenvalue weighted by Gasteiger charge is 2.26. The number of fused-ring (bicyclic) bond motifs is 1. The molecule has 0 aliphatic carbocycles. The van der Waals surface area contributed by atoms with Crippen molar-refractivity contribution in [1.29, 1.82) is 0 Å². The molecule has 3 rings (SSSR count). The highest BCUT2D eigenvalue weighted by atomic mass is 32.1. The molecule has 2 heterocycles. The third kappa shape index (κ3) is 3.72. The van der Waals surface area contributed by atoms with Gasteiger partial charge in [-0.2, -0.15) is 0 Å². The van der Waals surface area contributed by atoms with Gasteiger partial charge in [-0.05, 0) is 37.8 Å². The number of likely N-dealkylation sites (tertiary alicyclic amines) is 1. The summed E-state index contributed by atoms with van der Waals surface area (Å²) in [5.74, 6) is 1.04. The van der Waals surface area contributed by atoms with E-state index in [0.717, 1.165) is 29.5 Å². The predicted octanol–water partition coefficient (Wildman–Crippen LogP) is 2.13. The predicted molar refractivity (Wildman–Crippen MR) is 94.8 cm³/mol. The number of hydrogen-bond donors (Lipinski definition) is 1. The second-order valence-electron chi connectivity index (χ2n) is 6.81. The molecule has 1 amide bonds. The van der Waals surface area contributed by atoms with E-state index in [2.05, 4.69) is 19.9 Å². The number of aromatic nitrogens is 1. The molecule has 0 bridgehead atoms. The monoisotopic (exact) mass is 332 g/mol. The van der Waals surface area contributed by atoms with Gasteiger partial charge in [-0.15, -0.1) is 11.3 Å². The molecule has 5 heteroatoms. The van der Waals surface area contributed by atoms with Crippen molar-refractivity contribution >= 4 is 27.5 Å². The van der Waals surface area contributed by atoms with E-state index in [4.69, 9.17) is 4.98 Å². The number of quaternary nitrogens is 1. The summed E-state index contributed by atoms with van der Waals surface area (Å²) in [6, 6.07) is 8.19. The Morgan fingerprint density at radius 2 is 2.09 bits per heavy atom.